The van der Waals surface area contributed by atoms with Crippen molar-refractivity contribution in [3.63, 3.8) is 0 Å². The molecular weight excluding hydrogens is 216 g/mol. The van der Waals surface area contributed by atoms with Crippen LogP contribution in [0, 0.1) is 11.3 Å². The molecule has 17 heavy (non-hydrogen) atoms. The van der Waals surface area contributed by atoms with Gasteiger partial charge in [0.15, 0.2) is 0 Å². The molecule has 1 amide bonds. The molecule has 2 atom stereocenters. The van der Waals surface area contributed by atoms with Gasteiger partial charge in [-0.25, -0.2) is 0 Å². The summed E-state index contributed by atoms with van der Waals surface area (Å²) in [5, 5.41) is 11.4. The maximum Gasteiger partial charge on any atom is 0.231 e. The summed E-state index contributed by atoms with van der Waals surface area (Å²) in [6.45, 7) is 2.20. The fourth-order valence-electron chi connectivity index (χ4n) is 1.91. The zero-order valence-electron chi connectivity index (χ0n) is 9.64. The molecule has 4 heteroatoms. The first kappa shape index (κ1) is 11.5. The highest BCUT2D eigenvalue weighted by molar-refractivity contribution is 5.85. The second kappa shape index (κ2) is 4.88. The molecule has 0 spiro atoms. The fraction of sp³-hybridized carbons (Fsp3) is 0.385. The van der Waals surface area contributed by atoms with Crippen LogP contribution < -0.4 is 10.1 Å². The van der Waals surface area contributed by atoms with Crippen LogP contribution in [0.25, 0.3) is 0 Å². The summed E-state index contributed by atoms with van der Waals surface area (Å²) in [4.78, 5) is 12.0. The summed E-state index contributed by atoms with van der Waals surface area (Å²) in [6, 6.07) is 9.46. The van der Waals surface area contributed by atoms with Gasteiger partial charge in [0, 0.05) is 11.6 Å². The van der Waals surface area contributed by atoms with Crippen LogP contribution in [0.2, 0.25) is 0 Å². The number of amides is 1. The fourth-order valence-corrected chi connectivity index (χ4v) is 1.91. The van der Waals surface area contributed by atoms with E-state index in [1.165, 1.54) is 0 Å². The topological polar surface area (TPSA) is 62.1 Å². The van der Waals surface area contributed by atoms with Crippen LogP contribution in [0.4, 0.5) is 0 Å². The van der Waals surface area contributed by atoms with Crippen molar-refractivity contribution in [2.24, 2.45) is 0 Å². The molecule has 0 radical (unpaired) electrons. The van der Waals surface area contributed by atoms with E-state index in [0.29, 0.717) is 13.0 Å². The molecule has 0 bridgehead atoms. The molecule has 0 aromatic heterocycles. The van der Waals surface area contributed by atoms with E-state index in [0.717, 1.165) is 11.3 Å². The Morgan fingerprint density at radius 3 is 3.18 bits per heavy atom. The van der Waals surface area contributed by atoms with Crippen molar-refractivity contribution in [2.45, 2.75) is 25.3 Å². The predicted molar refractivity (Wildman–Crippen MR) is 62.5 cm³/mol. The standard InChI is InChI=1S/C13H14N2O2/c1-9(6-7-14)15-13(16)11-8-17-12-5-3-2-4-10(11)12/h2-5,9,11H,6,8H2,1H3,(H,15,16)/t9-,11+/m0/s1. The molecular formula is C13H14N2O2. The van der Waals surface area contributed by atoms with Crippen LogP contribution in [0.5, 0.6) is 5.75 Å². The van der Waals surface area contributed by atoms with Gasteiger partial charge in [-0.05, 0) is 13.0 Å². The molecule has 0 aliphatic carbocycles. The smallest absolute Gasteiger partial charge is 0.231 e. The second-order valence-electron chi connectivity index (χ2n) is 4.17. The van der Waals surface area contributed by atoms with E-state index in [9.17, 15) is 4.79 Å². The molecule has 2 rings (SSSR count). The van der Waals surface area contributed by atoms with Crippen molar-refractivity contribution in [1.29, 1.82) is 5.26 Å². The normalized spacial score (nSPS) is 18.7. The van der Waals surface area contributed by atoms with Crippen LogP contribution in [0.1, 0.15) is 24.8 Å². The first-order chi connectivity index (χ1) is 8.22. The van der Waals surface area contributed by atoms with Crippen LogP contribution in [-0.4, -0.2) is 18.6 Å². The van der Waals surface area contributed by atoms with E-state index >= 15 is 0 Å². The van der Waals surface area contributed by atoms with Crippen molar-refractivity contribution >= 4 is 5.91 Å². The van der Waals surface area contributed by atoms with Gasteiger partial charge in [-0.15, -0.1) is 0 Å². The maximum absolute atomic E-state index is 12.0. The van der Waals surface area contributed by atoms with Crippen LogP contribution in [0.3, 0.4) is 0 Å². The number of ether oxygens (including phenoxy) is 1. The van der Waals surface area contributed by atoms with Crippen molar-refractivity contribution in [1.82, 2.24) is 5.32 Å². The van der Waals surface area contributed by atoms with E-state index in [1.54, 1.807) is 0 Å². The predicted octanol–water partition coefficient (Wildman–Crippen LogP) is 1.58. The van der Waals surface area contributed by atoms with Gasteiger partial charge in [0.2, 0.25) is 5.91 Å². The van der Waals surface area contributed by atoms with Crippen LogP contribution in [-0.2, 0) is 4.79 Å². The van der Waals surface area contributed by atoms with Crippen molar-refractivity contribution in [2.75, 3.05) is 6.61 Å². The number of nitriles is 1. The lowest BCUT2D eigenvalue weighted by Gasteiger charge is -2.14. The third kappa shape index (κ3) is 2.39. The largest absolute Gasteiger partial charge is 0.492 e. The van der Waals surface area contributed by atoms with E-state index in [-0.39, 0.29) is 17.9 Å². The molecule has 1 N–H and O–H groups in total. The van der Waals surface area contributed by atoms with Crippen molar-refractivity contribution in [3.8, 4) is 11.8 Å². The number of hydrogen-bond donors (Lipinski definition) is 1. The van der Waals surface area contributed by atoms with Gasteiger partial charge < -0.3 is 10.1 Å². The van der Waals surface area contributed by atoms with Gasteiger partial charge in [-0.2, -0.15) is 5.26 Å². The zero-order valence-corrected chi connectivity index (χ0v) is 9.64. The Kier molecular flexibility index (Phi) is 3.29. The number of carbonyl (C=O) groups excluding carboxylic acids is 1. The number of benzene rings is 1. The molecule has 88 valence electrons. The van der Waals surface area contributed by atoms with Gasteiger partial charge in [0.25, 0.3) is 0 Å². The minimum absolute atomic E-state index is 0.0716. The number of hydrogen-bond acceptors (Lipinski definition) is 3. The van der Waals surface area contributed by atoms with Crippen LogP contribution >= 0.6 is 0 Å². The SMILES string of the molecule is C[C@@H](CC#N)NC(=O)[C@@H]1COc2ccccc21. The molecule has 0 saturated heterocycles. The number of nitrogens with one attached hydrogen (secondary N) is 1. The monoisotopic (exact) mass is 230 g/mol. The average molecular weight is 230 g/mol. The van der Waals surface area contributed by atoms with Crippen LogP contribution in [0.15, 0.2) is 24.3 Å². The molecule has 4 nitrogen and oxygen atoms in total. The minimum atomic E-state index is -0.257. The lowest BCUT2D eigenvalue weighted by molar-refractivity contribution is -0.123. The summed E-state index contributed by atoms with van der Waals surface area (Å²) in [5.41, 5.74) is 0.925. The van der Waals surface area contributed by atoms with Gasteiger partial charge in [0.05, 0.1) is 12.5 Å². The molecule has 0 fully saturated rings. The highest BCUT2D eigenvalue weighted by atomic mass is 16.5. The summed E-state index contributed by atoms with van der Waals surface area (Å²) in [6.07, 6.45) is 0.320. The number of fused-ring (bicyclic) bond motifs is 1. The van der Waals surface area contributed by atoms with Gasteiger partial charge in [0.1, 0.15) is 18.3 Å². The first-order valence-electron chi connectivity index (χ1n) is 5.61. The van der Waals surface area contributed by atoms with Crippen molar-refractivity contribution < 1.29 is 9.53 Å². The van der Waals surface area contributed by atoms with E-state index in [4.69, 9.17) is 10.00 Å². The summed E-state index contributed by atoms with van der Waals surface area (Å²) < 4.78 is 5.45. The van der Waals surface area contributed by atoms with E-state index in [2.05, 4.69) is 5.32 Å². The number of rotatable bonds is 3. The highest BCUT2D eigenvalue weighted by Gasteiger charge is 2.30. The Morgan fingerprint density at radius 1 is 1.65 bits per heavy atom. The van der Waals surface area contributed by atoms with Gasteiger partial charge in [-0.3, -0.25) is 4.79 Å². The molecule has 1 aromatic carbocycles. The van der Waals surface area contributed by atoms with Gasteiger partial charge in [-0.1, -0.05) is 18.2 Å². The zero-order chi connectivity index (χ0) is 12.3. The molecule has 0 saturated carbocycles. The van der Waals surface area contributed by atoms with Gasteiger partial charge >= 0.3 is 0 Å². The van der Waals surface area contributed by atoms with E-state index in [1.807, 2.05) is 37.3 Å². The molecule has 1 aromatic rings. The van der Waals surface area contributed by atoms with E-state index < -0.39 is 0 Å². The quantitative estimate of drug-likeness (QED) is 0.857. The number of carbonyl (C=O) groups is 1. The minimum Gasteiger partial charge on any atom is -0.492 e. The molecule has 1 aliphatic rings. The summed E-state index contributed by atoms with van der Waals surface area (Å²) in [7, 11) is 0. The number of nitrogens with zero attached hydrogens (tertiary/aromatic N) is 1. The second-order valence-corrected chi connectivity index (χ2v) is 4.17. The third-order valence-corrected chi connectivity index (χ3v) is 2.80. The molecule has 1 aliphatic heterocycles. The number of para-hydroxylation sites is 1. The first-order valence-corrected chi connectivity index (χ1v) is 5.61. The van der Waals surface area contributed by atoms with Crippen molar-refractivity contribution in [3.05, 3.63) is 29.8 Å². The maximum atomic E-state index is 12.0. The summed E-state index contributed by atoms with van der Waals surface area (Å²) in [5.74, 6) is 0.450. The molecule has 1 heterocycles. The molecule has 0 unspecified atom stereocenters. The lowest BCUT2D eigenvalue weighted by atomic mass is 10.00. The Labute approximate surface area is 100 Å². The lowest BCUT2D eigenvalue weighted by Crippen LogP contribution is -2.36. The Hall–Kier alpha value is -2.02. The highest BCUT2D eigenvalue weighted by Crippen LogP contribution is 2.33. The average Bonchev–Trinajstić information content (AvgIpc) is 2.72. The summed E-state index contributed by atoms with van der Waals surface area (Å²) >= 11 is 0. The Bertz CT molecular complexity index is 465. The third-order valence-electron chi connectivity index (χ3n) is 2.80. The Balaban J connectivity index is 2.06. The Morgan fingerprint density at radius 2 is 2.41 bits per heavy atom.